The highest BCUT2D eigenvalue weighted by atomic mass is 16.1. The van der Waals surface area contributed by atoms with E-state index < -0.39 is 0 Å². The summed E-state index contributed by atoms with van der Waals surface area (Å²) in [4.78, 5) is 11.8. The summed E-state index contributed by atoms with van der Waals surface area (Å²) in [5.74, 6) is 0.893. The Balaban J connectivity index is 2.37. The van der Waals surface area contributed by atoms with E-state index in [0.717, 1.165) is 18.4 Å². The molecule has 0 aliphatic rings. The van der Waals surface area contributed by atoms with Crippen molar-refractivity contribution in [3.05, 3.63) is 35.4 Å². The molecule has 0 amide bonds. The molecule has 2 heteroatoms. The topological polar surface area (TPSA) is 43.1 Å². The first-order chi connectivity index (χ1) is 8.13. The van der Waals surface area contributed by atoms with E-state index in [1.54, 1.807) is 0 Å². The van der Waals surface area contributed by atoms with E-state index in [4.69, 9.17) is 5.73 Å². The van der Waals surface area contributed by atoms with E-state index >= 15 is 0 Å². The number of aryl methyl sites for hydroxylation is 1. The monoisotopic (exact) mass is 233 g/mol. The molecule has 2 N–H and O–H groups in total. The largest absolute Gasteiger partial charge is 0.330 e. The third-order valence-electron chi connectivity index (χ3n) is 3.22. The number of ketones is 1. The van der Waals surface area contributed by atoms with Gasteiger partial charge in [-0.25, -0.2) is 0 Å². The van der Waals surface area contributed by atoms with Crippen LogP contribution < -0.4 is 5.73 Å². The lowest BCUT2D eigenvalue weighted by Gasteiger charge is -2.09. The van der Waals surface area contributed by atoms with E-state index in [9.17, 15) is 4.79 Å². The van der Waals surface area contributed by atoms with E-state index in [0.29, 0.717) is 31.1 Å². The first-order valence-corrected chi connectivity index (χ1v) is 6.39. The van der Waals surface area contributed by atoms with Gasteiger partial charge in [0.1, 0.15) is 5.78 Å². The van der Waals surface area contributed by atoms with Gasteiger partial charge < -0.3 is 5.73 Å². The van der Waals surface area contributed by atoms with Crippen LogP contribution in [-0.2, 0) is 11.2 Å². The summed E-state index contributed by atoms with van der Waals surface area (Å²) in [7, 11) is 0. The van der Waals surface area contributed by atoms with Crippen LogP contribution in [0.2, 0.25) is 0 Å². The number of benzene rings is 1. The number of carbonyl (C=O) groups is 1. The quantitative estimate of drug-likeness (QED) is 0.787. The molecule has 1 unspecified atom stereocenters. The molecule has 0 aliphatic heterocycles. The summed E-state index contributed by atoms with van der Waals surface area (Å²) in [5.41, 5.74) is 7.86. The summed E-state index contributed by atoms with van der Waals surface area (Å²) in [6.07, 6.45) is 3.22. The van der Waals surface area contributed by atoms with Gasteiger partial charge in [-0.3, -0.25) is 4.79 Å². The van der Waals surface area contributed by atoms with Gasteiger partial charge in [-0.05, 0) is 43.4 Å². The average molecular weight is 233 g/mol. The van der Waals surface area contributed by atoms with Gasteiger partial charge in [0, 0.05) is 12.8 Å². The number of carbonyl (C=O) groups excluding carboxylic acids is 1. The zero-order valence-electron chi connectivity index (χ0n) is 10.9. The minimum atomic E-state index is 0.336. The van der Waals surface area contributed by atoms with Crippen LogP contribution in [0.5, 0.6) is 0 Å². The fraction of sp³-hybridized carbons (Fsp3) is 0.533. The van der Waals surface area contributed by atoms with Crippen molar-refractivity contribution < 1.29 is 4.79 Å². The van der Waals surface area contributed by atoms with Crippen molar-refractivity contribution in [3.8, 4) is 0 Å². The number of rotatable bonds is 7. The maximum atomic E-state index is 11.8. The normalized spacial score (nSPS) is 12.4. The Kier molecular flexibility index (Phi) is 5.92. The Bertz CT molecular complexity index is 360. The number of hydrogen-bond donors (Lipinski definition) is 1. The molecule has 0 aromatic heterocycles. The van der Waals surface area contributed by atoms with E-state index in [-0.39, 0.29) is 0 Å². The van der Waals surface area contributed by atoms with Crippen LogP contribution in [0.1, 0.15) is 37.3 Å². The van der Waals surface area contributed by atoms with Crippen LogP contribution in [0.25, 0.3) is 0 Å². The van der Waals surface area contributed by atoms with Crippen LogP contribution in [0, 0.1) is 12.8 Å². The molecule has 0 spiro atoms. The molecule has 17 heavy (non-hydrogen) atoms. The maximum Gasteiger partial charge on any atom is 0.137 e. The lowest BCUT2D eigenvalue weighted by Crippen LogP contribution is -2.09. The van der Waals surface area contributed by atoms with Crippen molar-refractivity contribution >= 4 is 5.78 Å². The van der Waals surface area contributed by atoms with Crippen molar-refractivity contribution in [2.75, 3.05) is 6.54 Å². The Morgan fingerprint density at radius 2 is 2.00 bits per heavy atom. The summed E-state index contributed by atoms with van der Waals surface area (Å²) >= 11 is 0. The smallest absolute Gasteiger partial charge is 0.137 e. The molecule has 0 aliphatic carbocycles. The third kappa shape index (κ3) is 5.14. The molecule has 0 radical (unpaired) electrons. The second-order valence-corrected chi connectivity index (χ2v) is 4.86. The average Bonchev–Trinajstić information content (AvgIpc) is 2.30. The molecule has 1 aromatic carbocycles. The van der Waals surface area contributed by atoms with Gasteiger partial charge in [0.05, 0.1) is 0 Å². The SMILES string of the molecule is Cc1ccccc1CC(=O)CCC(C)CCN. The highest BCUT2D eigenvalue weighted by Crippen LogP contribution is 2.13. The van der Waals surface area contributed by atoms with Crippen molar-refractivity contribution in [2.24, 2.45) is 11.7 Å². The lowest BCUT2D eigenvalue weighted by atomic mass is 9.96. The molecule has 2 nitrogen and oxygen atoms in total. The zero-order valence-corrected chi connectivity index (χ0v) is 10.9. The Morgan fingerprint density at radius 1 is 1.29 bits per heavy atom. The standard InChI is InChI=1S/C15H23NO/c1-12(9-10-16)7-8-15(17)11-14-6-4-3-5-13(14)2/h3-6,12H,7-11,16H2,1-2H3. The Morgan fingerprint density at radius 3 is 2.65 bits per heavy atom. The molecular weight excluding hydrogens is 210 g/mol. The van der Waals surface area contributed by atoms with Gasteiger partial charge in [-0.1, -0.05) is 31.2 Å². The summed E-state index contributed by atoms with van der Waals surface area (Å²) < 4.78 is 0. The summed E-state index contributed by atoms with van der Waals surface area (Å²) in [5, 5.41) is 0. The molecule has 0 saturated carbocycles. The second kappa shape index (κ2) is 7.23. The molecule has 0 bridgehead atoms. The minimum Gasteiger partial charge on any atom is -0.330 e. The molecule has 1 atom stereocenters. The molecule has 1 aromatic rings. The van der Waals surface area contributed by atoms with E-state index in [1.807, 2.05) is 18.2 Å². The van der Waals surface area contributed by atoms with Crippen LogP contribution in [0.15, 0.2) is 24.3 Å². The van der Waals surface area contributed by atoms with Crippen molar-refractivity contribution in [3.63, 3.8) is 0 Å². The van der Waals surface area contributed by atoms with Crippen LogP contribution in [-0.4, -0.2) is 12.3 Å². The maximum absolute atomic E-state index is 11.8. The van der Waals surface area contributed by atoms with Gasteiger partial charge in [0.25, 0.3) is 0 Å². The fourth-order valence-corrected chi connectivity index (χ4v) is 1.95. The summed E-state index contributed by atoms with van der Waals surface area (Å²) in [6, 6.07) is 8.09. The third-order valence-corrected chi connectivity index (χ3v) is 3.22. The van der Waals surface area contributed by atoms with Crippen LogP contribution in [0.3, 0.4) is 0 Å². The minimum absolute atomic E-state index is 0.336. The molecule has 0 fully saturated rings. The lowest BCUT2D eigenvalue weighted by molar-refractivity contribution is -0.118. The first-order valence-electron chi connectivity index (χ1n) is 6.39. The molecular formula is C15H23NO. The van der Waals surface area contributed by atoms with Gasteiger partial charge in [0.2, 0.25) is 0 Å². The van der Waals surface area contributed by atoms with Crippen molar-refractivity contribution in [1.82, 2.24) is 0 Å². The Labute approximate surface area is 104 Å². The zero-order chi connectivity index (χ0) is 12.7. The predicted octanol–water partition coefficient (Wildman–Crippen LogP) is 2.87. The number of hydrogen-bond acceptors (Lipinski definition) is 2. The van der Waals surface area contributed by atoms with Crippen molar-refractivity contribution in [1.29, 1.82) is 0 Å². The van der Waals surface area contributed by atoms with E-state index in [2.05, 4.69) is 19.9 Å². The van der Waals surface area contributed by atoms with Gasteiger partial charge in [-0.2, -0.15) is 0 Å². The number of Topliss-reactive ketones (excluding diaryl/α,β-unsaturated/α-hetero) is 1. The van der Waals surface area contributed by atoms with E-state index in [1.165, 1.54) is 5.56 Å². The molecule has 1 rings (SSSR count). The van der Waals surface area contributed by atoms with Gasteiger partial charge in [0.15, 0.2) is 0 Å². The highest BCUT2D eigenvalue weighted by molar-refractivity contribution is 5.81. The summed E-state index contributed by atoms with van der Waals surface area (Å²) in [6.45, 7) is 4.93. The molecule has 0 saturated heterocycles. The van der Waals surface area contributed by atoms with Gasteiger partial charge in [-0.15, -0.1) is 0 Å². The Hall–Kier alpha value is -1.15. The molecule has 94 valence electrons. The van der Waals surface area contributed by atoms with Crippen LogP contribution >= 0.6 is 0 Å². The number of nitrogens with two attached hydrogens (primary N) is 1. The first kappa shape index (κ1) is 13.9. The predicted molar refractivity (Wildman–Crippen MR) is 72.0 cm³/mol. The van der Waals surface area contributed by atoms with Crippen LogP contribution in [0.4, 0.5) is 0 Å². The second-order valence-electron chi connectivity index (χ2n) is 4.86. The van der Waals surface area contributed by atoms with Gasteiger partial charge >= 0.3 is 0 Å². The molecule has 0 heterocycles. The highest BCUT2D eigenvalue weighted by Gasteiger charge is 2.08. The van der Waals surface area contributed by atoms with Crippen molar-refractivity contribution in [2.45, 2.75) is 39.5 Å². The fourth-order valence-electron chi connectivity index (χ4n) is 1.95.